The lowest BCUT2D eigenvalue weighted by Gasteiger charge is -2.26. The molecule has 0 saturated carbocycles. The molecule has 4 rings (SSSR count). The third-order valence-corrected chi connectivity index (χ3v) is 5.99. The average molecular weight is 535 g/mol. The van der Waals surface area contributed by atoms with Gasteiger partial charge in [-0.25, -0.2) is 4.79 Å². The summed E-state index contributed by atoms with van der Waals surface area (Å²) in [6.45, 7) is 4.30. The van der Waals surface area contributed by atoms with Gasteiger partial charge in [-0.15, -0.1) is 0 Å². The predicted octanol–water partition coefficient (Wildman–Crippen LogP) is 2.00. The van der Waals surface area contributed by atoms with E-state index in [1.807, 2.05) is 48.2 Å². The summed E-state index contributed by atoms with van der Waals surface area (Å²) >= 11 is 0. The van der Waals surface area contributed by atoms with Crippen LogP contribution in [0.25, 0.3) is 11.4 Å². The van der Waals surface area contributed by atoms with Crippen molar-refractivity contribution in [1.29, 1.82) is 0 Å². The van der Waals surface area contributed by atoms with Crippen LogP contribution in [0, 0.1) is 0 Å². The first-order chi connectivity index (χ1) is 18.9. The van der Waals surface area contributed by atoms with Gasteiger partial charge in [0.1, 0.15) is 0 Å². The Kier molecular flexibility index (Phi) is 9.59. The Morgan fingerprint density at radius 2 is 1.69 bits per heavy atom. The summed E-state index contributed by atoms with van der Waals surface area (Å²) in [5, 5.41) is 8.53. The van der Waals surface area contributed by atoms with Gasteiger partial charge in [0.15, 0.2) is 5.82 Å². The number of morpholine rings is 1. The minimum atomic E-state index is -0.343. The zero-order chi connectivity index (χ0) is 27.6. The highest BCUT2D eigenvalue weighted by molar-refractivity contribution is 5.94. The molecule has 3 aromatic rings. The van der Waals surface area contributed by atoms with Crippen molar-refractivity contribution >= 4 is 23.6 Å². The summed E-state index contributed by atoms with van der Waals surface area (Å²) in [7, 11) is 5.43. The maximum atomic E-state index is 12.4. The highest BCUT2D eigenvalue weighted by Crippen LogP contribution is 2.22. The Hall–Kier alpha value is -4.29. The van der Waals surface area contributed by atoms with E-state index >= 15 is 0 Å². The summed E-state index contributed by atoms with van der Waals surface area (Å²) in [6.07, 6.45) is 0. The molecule has 0 bridgehead atoms. The average Bonchev–Trinajstić information content (AvgIpc) is 2.96. The molecule has 3 amide bonds. The van der Waals surface area contributed by atoms with Gasteiger partial charge in [0.2, 0.25) is 5.95 Å². The SMILES string of the molecule is COc1nc(-c2ccc(NC(=O)NCc3ccc(C(=O)NCCN(C)C)cc3)cc2)nc(N2CCOCC2)n1. The number of amides is 3. The van der Waals surface area contributed by atoms with Gasteiger partial charge in [0, 0.05) is 49.5 Å². The van der Waals surface area contributed by atoms with Crippen LogP contribution >= 0.6 is 0 Å². The number of ether oxygens (including phenoxy) is 2. The van der Waals surface area contributed by atoms with Crippen molar-refractivity contribution in [2.75, 3.05) is 70.8 Å². The molecule has 0 radical (unpaired) electrons. The van der Waals surface area contributed by atoms with Crippen molar-refractivity contribution in [2.24, 2.45) is 0 Å². The molecule has 12 nitrogen and oxygen atoms in total. The lowest BCUT2D eigenvalue weighted by molar-refractivity contribution is 0.0951. The van der Waals surface area contributed by atoms with Gasteiger partial charge in [-0.3, -0.25) is 4.79 Å². The third-order valence-electron chi connectivity index (χ3n) is 5.99. The molecule has 0 atom stereocenters. The number of rotatable bonds is 10. The summed E-state index contributed by atoms with van der Waals surface area (Å²) in [4.78, 5) is 42.0. The van der Waals surface area contributed by atoms with Crippen LogP contribution in [-0.2, 0) is 11.3 Å². The molecule has 206 valence electrons. The summed E-state index contributed by atoms with van der Waals surface area (Å²) < 4.78 is 10.7. The van der Waals surface area contributed by atoms with Crippen LogP contribution in [0.4, 0.5) is 16.4 Å². The van der Waals surface area contributed by atoms with E-state index in [0.29, 0.717) is 62.4 Å². The molecule has 2 aromatic carbocycles. The zero-order valence-electron chi connectivity index (χ0n) is 22.4. The Labute approximate surface area is 227 Å². The lowest BCUT2D eigenvalue weighted by atomic mass is 10.1. The van der Waals surface area contributed by atoms with Crippen molar-refractivity contribution in [3.63, 3.8) is 0 Å². The highest BCUT2D eigenvalue weighted by Gasteiger charge is 2.17. The second-order valence-electron chi connectivity index (χ2n) is 9.19. The fraction of sp³-hybridized carbons (Fsp3) is 0.370. The number of nitrogens with zero attached hydrogens (tertiary/aromatic N) is 5. The number of hydrogen-bond donors (Lipinski definition) is 3. The fourth-order valence-electron chi connectivity index (χ4n) is 3.80. The van der Waals surface area contributed by atoms with Crippen molar-refractivity contribution in [3.05, 3.63) is 59.7 Å². The van der Waals surface area contributed by atoms with Crippen molar-refractivity contribution in [1.82, 2.24) is 30.5 Å². The Morgan fingerprint density at radius 3 is 2.36 bits per heavy atom. The van der Waals surface area contributed by atoms with E-state index in [-0.39, 0.29) is 17.9 Å². The van der Waals surface area contributed by atoms with Crippen LogP contribution in [0.2, 0.25) is 0 Å². The van der Waals surface area contributed by atoms with Crippen LogP contribution in [0.15, 0.2) is 48.5 Å². The maximum Gasteiger partial charge on any atom is 0.321 e. The Morgan fingerprint density at radius 1 is 0.974 bits per heavy atom. The minimum absolute atomic E-state index is 0.120. The smallest absolute Gasteiger partial charge is 0.321 e. The first kappa shape index (κ1) is 27.7. The first-order valence-corrected chi connectivity index (χ1v) is 12.7. The zero-order valence-corrected chi connectivity index (χ0v) is 22.4. The van der Waals surface area contributed by atoms with Gasteiger partial charge in [0.05, 0.1) is 20.3 Å². The van der Waals surface area contributed by atoms with Gasteiger partial charge >= 0.3 is 12.0 Å². The van der Waals surface area contributed by atoms with E-state index in [4.69, 9.17) is 9.47 Å². The molecule has 12 heteroatoms. The van der Waals surface area contributed by atoms with Gasteiger partial charge in [-0.2, -0.15) is 15.0 Å². The van der Waals surface area contributed by atoms with Crippen LogP contribution < -0.4 is 25.6 Å². The van der Waals surface area contributed by atoms with Crippen LogP contribution in [0.5, 0.6) is 6.01 Å². The number of likely N-dealkylation sites (N-methyl/N-ethyl adjacent to an activating group) is 1. The molecule has 1 fully saturated rings. The second-order valence-corrected chi connectivity index (χ2v) is 9.19. The largest absolute Gasteiger partial charge is 0.467 e. The Balaban J connectivity index is 1.30. The maximum absolute atomic E-state index is 12.4. The van der Waals surface area contributed by atoms with Crippen LogP contribution in [0.1, 0.15) is 15.9 Å². The standard InChI is InChI=1S/C27H34N8O4/c1-34(2)13-12-28-24(36)21-6-4-19(5-7-21)18-29-26(37)30-22-10-8-20(9-11-22)23-31-25(33-27(32-23)38-3)35-14-16-39-17-15-35/h4-11H,12-18H2,1-3H3,(H,28,36)(H2,29,30,37). The number of urea groups is 1. The van der Waals surface area contributed by atoms with E-state index in [1.165, 1.54) is 7.11 Å². The predicted molar refractivity (Wildman–Crippen MR) is 148 cm³/mol. The monoisotopic (exact) mass is 534 g/mol. The number of anilines is 2. The third kappa shape index (κ3) is 8.09. The molecule has 2 heterocycles. The van der Waals surface area contributed by atoms with Crippen LogP contribution in [0.3, 0.4) is 0 Å². The molecular weight excluding hydrogens is 500 g/mol. The normalized spacial score (nSPS) is 13.2. The molecule has 1 saturated heterocycles. The topological polar surface area (TPSA) is 134 Å². The lowest BCUT2D eigenvalue weighted by Crippen LogP contribution is -2.37. The summed E-state index contributed by atoms with van der Waals surface area (Å²) in [6, 6.07) is 14.3. The fourth-order valence-corrected chi connectivity index (χ4v) is 3.80. The number of aromatic nitrogens is 3. The number of carbonyl (C=O) groups excluding carboxylic acids is 2. The van der Waals surface area contributed by atoms with Gasteiger partial charge < -0.3 is 35.2 Å². The molecule has 0 aliphatic carbocycles. The quantitative estimate of drug-likeness (QED) is 0.357. The summed E-state index contributed by atoms with van der Waals surface area (Å²) in [5.74, 6) is 0.902. The molecule has 3 N–H and O–H groups in total. The Bertz CT molecular complexity index is 1250. The second kappa shape index (κ2) is 13.5. The number of carbonyl (C=O) groups is 2. The van der Waals surface area contributed by atoms with Crippen molar-refractivity contribution in [2.45, 2.75) is 6.54 Å². The number of benzene rings is 2. The molecule has 39 heavy (non-hydrogen) atoms. The van der Waals surface area contributed by atoms with Gasteiger partial charge in [0.25, 0.3) is 5.91 Å². The highest BCUT2D eigenvalue weighted by atomic mass is 16.5. The minimum Gasteiger partial charge on any atom is -0.467 e. The van der Waals surface area contributed by atoms with Crippen LogP contribution in [-0.4, -0.2) is 92.4 Å². The van der Waals surface area contributed by atoms with E-state index in [9.17, 15) is 9.59 Å². The molecule has 1 aliphatic rings. The van der Waals surface area contributed by atoms with Gasteiger partial charge in [-0.1, -0.05) is 12.1 Å². The van der Waals surface area contributed by atoms with E-state index in [0.717, 1.165) is 17.7 Å². The molecule has 0 unspecified atom stereocenters. The van der Waals surface area contributed by atoms with Crippen molar-refractivity contribution < 1.29 is 19.1 Å². The molecule has 1 aliphatic heterocycles. The number of methoxy groups -OCH3 is 1. The van der Waals surface area contributed by atoms with E-state index in [2.05, 4.69) is 30.9 Å². The molecular formula is C27H34N8O4. The van der Waals surface area contributed by atoms with E-state index < -0.39 is 0 Å². The van der Waals surface area contributed by atoms with Crippen molar-refractivity contribution in [3.8, 4) is 17.4 Å². The molecule has 1 aromatic heterocycles. The first-order valence-electron chi connectivity index (χ1n) is 12.7. The summed E-state index contributed by atoms with van der Waals surface area (Å²) in [5.41, 5.74) is 2.84. The molecule has 0 spiro atoms. The van der Waals surface area contributed by atoms with Gasteiger partial charge in [-0.05, 0) is 56.1 Å². The van der Waals surface area contributed by atoms with E-state index in [1.54, 1.807) is 24.3 Å². The number of nitrogens with one attached hydrogen (secondary N) is 3. The number of hydrogen-bond acceptors (Lipinski definition) is 9.